The number of rotatable bonds is 12. The van der Waals surface area contributed by atoms with Crippen molar-refractivity contribution in [3.63, 3.8) is 0 Å². The first-order valence-corrected chi connectivity index (χ1v) is 17.8. The number of carbonyl (C=O) groups excluding carboxylic acids is 1. The molecule has 6 N–H and O–H groups in total. The summed E-state index contributed by atoms with van der Waals surface area (Å²) in [6.45, 7) is 10.7. The number of aryl methyl sites for hydroxylation is 5. The Morgan fingerprint density at radius 2 is 1.32 bits per heavy atom. The lowest BCUT2D eigenvalue weighted by Crippen LogP contribution is -2.29. The number of phenolic OH excluding ortho intramolecular Hbond substituents is 2. The van der Waals surface area contributed by atoms with Crippen molar-refractivity contribution in [1.82, 2.24) is 0 Å². The van der Waals surface area contributed by atoms with Gasteiger partial charge in [0.15, 0.2) is 0 Å². The van der Waals surface area contributed by atoms with Gasteiger partial charge in [0.2, 0.25) is 0 Å². The topological polar surface area (TPSA) is 121 Å². The maximum atomic E-state index is 12.1. The summed E-state index contributed by atoms with van der Waals surface area (Å²) >= 11 is 6.06. The third kappa shape index (κ3) is 9.18. The van der Waals surface area contributed by atoms with E-state index in [1.807, 2.05) is 50.2 Å². The number of fused-ring (bicyclic) bond motifs is 2. The summed E-state index contributed by atoms with van der Waals surface area (Å²) in [6, 6.07) is 19.0. The van der Waals surface area contributed by atoms with E-state index in [1.165, 1.54) is 36.8 Å². The molecule has 6 rings (SSSR count). The van der Waals surface area contributed by atoms with Crippen LogP contribution in [0.4, 0.5) is 34.1 Å². The number of hydrogen-bond acceptors (Lipinski definition) is 10. The molecule has 50 heavy (non-hydrogen) atoms. The number of hydrogen-bond donors (Lipinski definition) is 6. The van der Waals surface area contributed by atoms with E-state index < -0.39 is 0 Å². The number of aromatic hydroxyl groups is 2. The Morgan fingerprint density at radius 1 is 0.700 bits per heavy atom. The number of halogens is 1. The fourth-order valence-corrected chi connectivity index (χ4v) is 6.01. The molecule has 0 amide bonds. The lowest BCUT2D eigenvalue weighted by Gasteiger charge is -2.22. The van der Waals surface area contributed by atoms with Crippen LogP contribution in [0.15, 0.2) is 60.7 Å². The van der Waals surface area contributed by atoms with E-state index in [0.29, 0.717) is 35.8 Å². The molecule has 0 bridgehead atoms. The highest BCUT2D eigenvalue weighted by Crippen LogP contribution is 2.39. The molecule has 0 aromatic heterocycles. The van der Waals surface area contributed by atoms with Gasteiger partial charge in [-0.15, -0.1) is 0 Å². The van der Waals surface area contributed by atoms with Gasteiger partial charge in [-0.1, -0.05) is 62.8 Å². The first-order chi connectivity index (χ1) is 24.0. The monoisotopic (exact) mass is 700 g/mol. The number of anilines is 6. The van der Waals surface area contributed by atoms with Crippen LogP contribution in [0.3, 0.4) is 0 Å². The van der Waals surface area contributed by atoms with Crippen LogP contribution in [0.25, 0.3) is 0 Å². The highest BCUT2D eigenvalue weighted by Gasteiger charge is 2.23. The molecule has 2 aliphatic heterocycles. The third-order valence-corrected chi connectivity index (χ3v) is 9.11. The highest BCUT2D eigenvalue weighted by molar-refractivity contribution is 6.31. The predicted octanol–water partition coefficient (Wildman–Crippen LogP) is 9.86. The molecule has 4 aromatic rings. The number of hydrazine groups is 4. The maximum absolute atomic E-state index is 12.1. The minimum absolute atomic E-state index is 0.174. The van der Waals surface area contributed by atoms with Crippen molar-refractivity contribution < 1.29 is 19.7 Å². The standard InChI is InChI=1S/C24H32ClN3O3.C15H17N3O/c1-3-4-5-6-7-8-13-31-23(29)12-9-18-14-17(2)24(30)22(15-18)28-26-20-11-10-19(25)16-21(20)27-28;1-9-4-5-15(19)14(6-9)18-16-12-7-10(2)11(3)8-13(12)17-18/h10-11,14-16,26-27,30H,3-9,12-13H2,1-2H3;4-8,16-17,19H,1-3H3. The van der Waals surface area contributed by atoms with Gasteiger partial charge in [0, 0.05) is 11.4 Å². The molecule has 0 fully saturated rings. The van der Waals surface area contributed by atoms with Crippen molar-refractivity contribution in [3.05, 3.63) is 93.5 Å². The van der Waals surface area contributed by atoms with Crippen LogP contribution in [0.2, 0.25) is 5.02 Å². The average Bonchev–Trinajstić information content (AvgIpc) is 3.70. The molecule has 10 nitrogen and oxygen atoms in total. The number of phenols is 2. The van der Waals surface area contributed by atoms with Crippen LogP contribution in [0.5, 0.6) is 11.5 Å². The summed E-state index contributed by atoms with van der Waals surface area (Å²) in [5.74, 6) is 0.237. The second-order valence-electron chi connectivity index (χ2n) is 13.1. The molecule has 0 aliphatic carbocycles. The Morgan fingerprint density at radius 3 is 2.02 bits per heavy atom. The van der Waals surface area contributed by atoms with E-state index in [9.17, 15) is 15.0 Å². The first kappa shape index (κ1) is 36.3. The van der Waals surface area contributed by atoms with Crippen LogP contribution in [0.1, 0.15) is 79.7 Å². The fourth-order valence-electron chi connectivity index (χ4n) is 5.83. The molecule has 2 aliphatic rings. The molecule has 11 heteroatoms. The predicted molar refractivity (Wildman–Crippen MR) is 205 cm³/mol. The van der Waals surface area contributed by atoms with Crippen molar-refractivity contribution >= 4 is 51.7 Å². The largest absolute Gasteiger partial charge is 0.506 e. The van der Waals surface area contributed by atoms with Gasteiger partial charge in [-0.25, -0.2) is 0 Å². The van der Waals surface area contributed by atoms with Crippen molar-refractivity contribution in [1.29, 1.82) is 0 Å². The molecule has 0 spiro atoms. The van der Waals surface area contributed by atoms with Gasteiger partial charge in [0.25, 0.3) is 0 Å². The minimum Gasteiger partial charge on any atom is -0.506 e. The van der Waals surface area contributed by atoms with Crippen LogP contribution in [0, 0.1) is 27.7 Å². The number of nitrogens with one attached hydrogen (secondary N) is 4. The minimum atomic E-state index is -0.180. The van der Waals surface area contributed by atoms with E-state index in [0.717, 1.165) is 52.3 Å². The summed E-state index contributed by atoms with van der Waals surface area (Å²) in [4.78, 5) is 12.1. The van der Waals surface area contributed by atoms with E-state index in [4.69, 9.17) is 16.3 Å². The van der Waals surface area contributed by atoms with Crippen molar-refractivity contribution in [3.8, 4) is 11.5 Å². The Balaban J connectivity index is 0.000000217. The Hall–Kier alpha value is -4.96. The van der Waals surface area contributed by atoms with E-state index in [-0.39, 0.29) is 17.5 Å². The summed E-state index contributed by atoms with van der Waals surface area (Å²) in [5.41, 5.74) is 23.2. The van der Waals surface area contributed by atoms with Crippen LogP contribution in [-0.2, 0) is 16.0 Å². The van der Waals surface area contributed by atoms with Crippen LogP contribution >= 0.6 is 11.6 Å². The normalized spacial score (nSPS) is 12.5. The maximum Gasteiger partial charge on any atom is 0.306 e. The lowest BCUT2D eigenvalue weighted by atomic mass is 10.0. The summed E-state index contributed by atoms with van der Waals surface area (Å²) in [5, 5.41) is 24.6. The lowest BCUT2D eigenvalue weighted by molar-refractivity contribution is -0.143. The zero-order valence-electron chi connectivity index (χ0n) is 29.6. The van der Waals surface area contributed by atoms with E-state index >= 15 is 0 Å². The molecule has 266 valence electrons. The van der Waals surface area contributed by atoms with Gasteiger partial charge in [0.1, 0.15) is 22.9 Å². The number of benzene rings is 4. The fraction of sp³-hybridized carbons (Fsp3) is 0.359. The van der Waals surface area contributed by atoms with Gasteiger partial charge in [-0.2, -0.15) is 10.2 Å². The highest BCUT2D eigenvalue weighted by atomic mass is 35.5. The van der Waals surface area contributed by atoms with Crippen molar-refractivity contribution in [2.45, 2.75) is 86.0 Å². The Labute approximate surface area is 300 Å². The number of carbonyl (C=O) groups is 1. The Kier molecular flexibility index (Phi) is 12.1. The molecule has 0 atom stereocenters. The van der Waals surface area contributed by atoms with Gasteiger partial charge in [0.05, 0.1) is 29.4 Å². The smallest absolute Gasteiger partial charge is 0.306 e. The molecular formula is C39H49ClN6O4. The summed E-state index contributed by atoms with van der Waals surface area (Å²) in [7, 11) is 0. The number of unbranched alkanes of at least 4 members (excludes halogenated alkanes) is 5. The molecule has 0 saturated heterocycles. The quantitative estimate of drug-likeness (QED) is 0.0629. The molecule has 4 aromatic carbocycles. The van der Waals surface area contributed by atoms with E-state index in [2.05, 4.69) is 54.6 Å². The second-order valence-corrected chi connectivity index (χ2v) is 13.5. The summed E-state index contributed by atoms with van der Waals surface area (Å²) in [6.07, 6.45) is 7.87. The number of ether oxygens (including phenoxy) is 1. The third-order valence-electron chi connectivity index (χ3n) is 8.88. The molecule has 0 saturated carbocycles. The molecular weight excluding hydrogens is 652 g/mol. The zero-order chi connectivity index (χ0) is 35.8. The van der Waals surface area contributed by atoms with E-state index in [1.54, 1.807) is 22.4 Å². The van der Waals surface area contributed by atoms with Gasteiger partial charge >= 0.3 is 5.97 Å². The second kappa shape index (κ2) is 16.6. The summed E-state index contributed by atoms with van der Waals surface area (Å²) < 4.78 is 5.37. The zero-order valence-corrected chi connectivity index (χ0v) is 30.4. The van der Waals surface area contributed by atoms with Crippen molar-refractivity contribution in [2.75, 3.05) is 38.5 Å². The number of esters is 1. The molecule has 0 unspecified atom stereocenters. The average molecular weight is 701 g/mol. The van der Waals surface area contributed by atoms with Gasteiger partial charge < -0.3 is 14.9 Å². The molecule has 2 heterocycles. The van der Waals surface area contributed by atoms with Gasteiger partial charge in [-0.05, 0) is 117 Å². The first-order valence-electron chi connectivity index (χ1n) is 17.4. The van der Waals surface area contributed by atoms with Crippen LogP contribution in [-0.4, -0.2) is 22.8 Å². The SMILES string of the molecule is CCCCCCCCOC(=O)CCc1cc(C)c(O)c(N2Nc3ccc(Cl)cc3N2)c1.Cc1ccc(O)c(N2Nc3cc(C)c(C)cc3N2)c1. The van der Waals surface area contributed by atoms with Crippen molar-refractivity contribution in [2.24, 2.45) is 0 Å². The van der Waals surface area contributed by atoms with Gasteiger partial charge in [-0.3, -0.25) is 26.5 Å². The Bertz CT molecular complexity index is 1790. The molecule has 0 radical (unpaired) electrons. The number of nitrogens with zero attached hydrogens (tertiary/aromatic N) is 2. The van der Waals surface area contributed by atoms with Crippen LogP contribution < -0.4 is 31.9 Å².